The van der Waals surface area contributed by atoms with Crippen molar-refractivity contribution >= 4 is 44.1 Å². The summed E-state index contributed by atoms with van der Waals surface area (Å²) in [5, 5.41) is 0. The van der Waals surface area contributed by atoms with Crippen molar-refractivity contribution in [1.29, 1.82) is 0 Å². The molecule has 0 saturated heterocycles. The van der Waals surface area contributed by atoms with Gasteiger partial charge in [0.05, 0.1) is 10.6 Å². The van der Waals surface area contributed by atoms with Gasteiger partial charge >= 0.3 is 0 Å². The van der Waals surface area contributed by atoms with E-state index in [1.54, 1.807) is 0 Å². The topological polar surface area (TPSA) is 66.7 Å². The number of nitrogens with zero attached hydrogens (tertiary/aromatic N) is 1. The molecule has 1 aromatic carbocycles. The molecule has 17 heavy (non-hydrogen) atoms. The van der Waals surface area contributed by atoms with E-state index < -0.39 is 10.1 Å². The normalized spacial score (nSPS) is 17.8. The van der Waals surface area contributed by atoms with E-state index in [1.807, 2.05) is 43.4 Å². The fourth-order valence-electron chi connectivity index (χ4n) is 1.82. The maximum Gasteiger partial charge on any atom is 0.294 e. The Morgan fingerprint density at radius 2 is 1.94 bits per heavy atom. The second kappa shape index (κ2) is 3.76. The Bertz CT molecular complexity index is 632. The molecule has 0 amide bonds. The highest BCUT2D eigenvalue weighted by molar-refractivity contribution is 14.1. The quantitative estimate of drug-likeness (QED) is 0.615. The van der Waals surface area contributed by atoms with E-state index in [0.717, 1.165) is 20.5 Å². The summed E-state index contributed by atoms with van der Waals surface area (Å²) in [6.07, 6.45) is 0. The van der Waals surface area contributed by atoms with Crippen molar-refractivity contribution in [2.24, 2.45) is 4.99 Å². The van der Waals surface area contributed by atoms with Crippen LogP contribution in [0.15, 0.2) is 22.0 Å². The number of benzene rings is 1. The van der Waals surface area contributed by atoms with Crippen LogP contribution in [0.4, 0.5) is 5.69 Å². The minimum Gasteiger partial charge on any atom is -0.282 e. The number of hydrogen-bond donors (Lipinski definition) is 1. The van der Waals surface area contributed by atoms with Gasteiger partial charge in [0, 0.05) is 14.7 Å². The van der Waals surface area contributed by atoms with Crippen molar-refractivity contribution in [3.8, 4) is 0 Å². The lowest BCUT2D eigenvalue weighted by atomic mass is 9.82. The van der Waals surface area contributed by atoms with E-state index in [2.05, 4.69) is 4.99 Å². The van der Waals surface area contributed by atoms with Gasteiger partial charge in [-0.1, -0.05) is 13.8 Å². The molecule has 1 aliphatic rings. The molecule has 2 rings (SSSR count). The average Bonchev–Trinajstić information content (AvgIpc) is 2.39. The molecule has 0 fully saturated rings. The summed E-state index contributed by atoms with van der Waals surface area (Å²) >= 11 is 2.04. The number of halogens is 1. The molecule has 0 spiro atoms. The molecular weight excluding hydrogens is 353 g/mol. The summed E-state index contributed by atoms with van der Waals surface area (Å²) in [5.74, 6) is 0. The molecule has 0 aliphatic carbocycles. The van der Waals surface area contributed by atoms with Crippen molar-refractivity contribution in [3.05, 3.63) is 21.3 Å². The fraction of sp³-hybridized carbons (Fsp3) is 0.364. The van der Waals surface area contributed by atoms with E-state index in [-0.39, 0.29) is 10.3 Å². The highest BCUT2D eigenvalue weighted by atomic mass is 127. The fourth-order valence-corrected chi connectivity index (χ4v) is 3.31. The van der Waals surface area contributed by atoms with Gasteiger partial charge in [0.2, 0.25) is 0 Å². The van der Waals surface area contributed by atoms with Crippen LogP contribution in [0.1, 0.15) is 26.3 Å². The molecule has 0 radical (unpaired) electrons. The maximum absolute atomic E-state index is 11.2. The van der Waals surface area contributed by atoms with Crippen LogP contribution in [-0.4, -0.2) is 18.7 Å². The first-order chi connectivity index (χ1) is 7.64. The van der Waals surface area contributed by atoms with Gasteiger partial charge in [0.15, 0.2) is 0 Å². The average molecular weight is 365 g/mol. The Hall–Kier alpha value is -0.470. The molecule has 4 nitrogen and oxygen atoms in total. The van der Waals surface area contributed by atoms with Gasteiger partial charge < -0.3 is 0 Å². The van der Waals surface area contributed by atoms with Crippen LogP contribution in [0.25, 0.3) is 0 Å². The number of fused-ring (bicyclic) bond motifs is 1. The summed E-state index contributed by atoms with van der Waals surface area (Å²) in [6.45, 7) is 5.90. The van der Waals surface area contributed by atoms with Crippen LogP contribution in [-0.2, 0) is 15.5 Å². The van der Waals surface area contributed by atoms with Crippen molar-refractivity contribution in [1.82, 2.24) is 0 Å². The Morgan fingerprint density at radius 3 is 2.47 bits per heavy atom. The van der Waals surface area contributed by atoms with Crippen molar-refractivity contribution < 1.29 is 13.0 Å². The second-order valence-corrected chi connectivity index (χ2v) is 7.18. The van der Waals surface area contributed by atoms with Gasteiger partial charge in [-0.25, -0.2) is 0 Å². The van der Waals surface area contributed by atoms with Crippen molar-refractivity contribution in [3.63, 3.8) is 0 Å². The lowest BCUT2D eigenvalue weighted by molar-refractivity contribution is 0.483. The van der Waals surface area contributed by atoms with Gasteiger partial charge in [-0.15, -0.1) is 0 Å². The standard InChI is InChI=1S/C11H12INO3S/c1-6-11(2,3)8-4-7(17(14,15)16)5-9(12)10(8)13-6/h4-5H,1-3H3,(H,14,15,16). The molecule has 1 heterocycles. The van der Waals surface area contributed by atoms with Crippen LogP contribution in [0.2, 0.25) is 0 Å². The van der Waals surface area contributed by atoms with Gasteiger partial charge in [-0.3, -0.25) is 9.55 Å². The smallest absolute Gasteiger partial charge is 0.282 e. The zero-order valence-electron chi connectivity index (χ0n) is 9.65. The van der Waals surface area contributed by atoms with Gasteiger partial charge in [0.1, 0.15) is 0 Å². The third-order valence-corrected chi connectivity index (χ3v) is 4.85. The zero-order chi connectivity index (χ0) is 13.0. The first-order valence-electron chi connectivity index (χ1n) is 5.01. The Labute approximate surface area is 114 Å². The van der Waals surface area contributed by atoms with Gasteiger partial charge in [-0.05, 0) is 47.2 Å². The van der Waals surface area contributed by atoms with Crippen LogP contribution in [0.3, 0.4) is 0 Å². The van der Waals surface area contributed by atoms with Gasteiger partial charge in [-0.2, -0.15) is 8.42 Å². The molecular formula is C11H12INO3S. The first kappa shape index (κ1) is 13.0. The minimum atomic E-state index is -4.17. The van der Waals surface area contributed by atoms with Crippen molar-refractivity contribution in [2.75, 3.05) is 0 Å². The molecule has 0 bridgehead atoms. The van der Waals surface area contributed by atoms with E-state index in [1.165, 1.54) is 12.1 Å². The molecule has 0 saturated carbocycles. The lowest BCUT2D eigenvalue weighted by Gasteiger charge is -2.20. The van der Waals surface area contributed by atoms with Crippen LogP contribution >= 0.6 is 22.6 Å². The lowest BCUT2D eigenvalue weighted by Crippen LogP contribution is -2.23. The predicted molar refractivity (Wildman–Crippen MR) is 74.8 cm³/mol. The predicted octanol–water partition coefficient (Wildman–Crippen LogP) is 2.92. The molecule has 1 aliphatic heterocycles. The van der Waals surface area contributed by atoms with Gasteiger partial charge in [0.25, 0.3) is 10.1 Å². The number of hydrogen-bond acceptors (Lipinski definition) is 3. The van der Waals surface area contributed by atoms with E-state index in [4.69, 9.17) is 4.55 Å². The summed E-state index contributed by atoms with van der Waals surface area (Å²) in [4.78, 5) is 4.39. The third kappa shape index (κ3) is 2.02. The summed E-state index contributed by atoms with van der Waals surface area (Å²) < 4.78 is 32.2. The highest BCUT2D eigenvalue weighted by Gasteiger charge is 2.34. The third-order valence-electron chi connectivity index (χ3n) is 3.19. The minimum absolute atomic E-state index is 0.0707. The van der Waals surface area contributed by atoms with E-state index in [0.29, 0.717) is 0 Å². The van der Waals surface area contributed by atoms with Crippen LogP contribution in [0, 0.1) is 3.57 Å². The molecule has 6 heteroatoms. The maximum atomic E-state index is 11.2. The molecule has 1 aromatic rings. The molecule has 1 N–H and O–H groups in total. The second-order valence-electron chi connectivity index (χ2n) is 4.60. The largest absolute Gasteiger partial charge is 0.294 e. The molecule has 0 aromatic heterocycles. The number of aliphatic imine (C=N–C) groups is 1. The van der Waals surface area contributed by atoms with Crippen LogP contribution < -0.4 is 0 Å². The summed E-state index contributed by atoms with van der Waals surface area (Å²) in [7, 11) is -4.17. The van der Waals surface area contributed by atoms with E-state index >= 15 is 0 Å². The Kier molecular flexibility index (Phi) is 2.87. The summed E-state index contributed by atoms with van der Waals surface area (Å²) in [6, 6.07) is 2.94. The molecule has 92 valence electrons. The Balaban J connectivity index is 2.77. The monoisotopic (exact) mass is 365 g/mol. The summed E-state index contributed by atoms with van der Waals surface area (Å²) in [5.41, 5.74) is 2.29. The van der Waals surface area contributed by atoms with Crippen LogP contribution in [0.5, 0.6) is 0 Å². The highest BCUT2D eigenvalue weighted by Crippen LogP contribution is 2.43. The first-order valence-corrected chi connectivity index (χ1v) is 7.53. The molecule has 0 unspecified atom stereocenters. The Morgan fingerprint density at radius 1 is 1.35 bits per heavy atom. The van der Waals surface area contributed by atoms with E-state index in [9.17, 15) is 8.42 Å². The molecule has 0 atom stereocenters. The van der Waals surface area contributed by atoms with Crippen molar-refractivity contribution in [2.45, 2.75) is 31.1 Å². The zero-order valence-corrected chi connectivity index (χ0v) is 12.6. The SMILES string of the molecule is CC1=Nc2c(I)cc(S(=O)(=O)O)cc2C1(C)C. The number of rotatable bonds is 1.